The van der Waals surface area contributed by atoms with Gasteiger partial charge >= 0.3 is 0 Å². The Labute approximate surface area is 104 Å². The molecular formula is C15H11NO2. The largest absolute Gasteiger partial charge is 0.288 e. The van der Waals surface area contributed by atoms with E-state index >= 15 is 0 Å². The predicted molar refractivity (Wildman–Crippen MR) is 70.5 cm³/mol. The second-order valence-electron chi connectivity index (χ2n) is 4.21. The Morgan fingerprint density at radius 3 is 2.44 bits per heavy atom. The molecule has 2 aromatic rings. The standard InChI is InChI=1S/C15H11NO2/c1-2-4-9-7-8-12-13-10(9)5-3-6-11(13)14(17)16-15(12)18/h2-8H,1H3,(H,16,17,18)/b4-2+. The lowest BCUT2D eigenvalue weighted by Gasteiger charge is -2.17. The molecule has 0 bridgehead atoms. The number of allylic oxidation sites excluding steroid dienone is 1. The smallest absolute Gasteiger partial charge is 0.258 e. The van der Waals surface area contributed by atoms with E-state index in [0.29, 0.717) is 11.1 Å². The molecule has 1 aliphatic heterocycles. The van der Waals surface area contributed by atoms with Crippen molar-refractivity contribution in [1.82, 2.24) is 5.32 Å². The van der Waals surface area contributed by atoms with Crippen LogP contribution in [0.5, 0.6) is 0 Å². The Balaban J connectivity index is 2.49. The van der Waals surface area contributed by atoms with E-state index in [9.17, 15) is 9.59 Å². The first-order chi connectivity index (χ1) is 8.72. The molecule has 0 saturated heterocycles. The summed E-state index contributed by atoms with van der Waals surface area (Å²) in [7, 11) is 0. The minimum absolute atomic E-state index is 0.323. The predicted octanol–water partition coefficient (Wildman–Crippen LogP) is 2.76. The highest BCUT2D eigenvalue weighted by molar-refractivity contribution is 6.26. The van der Waals surface area contributed by atoms with E-state index in [1.165, 1.54) is 0 Å². The van der Waals surface area contributed by atoms with Gasteiger partial charge in [-0.25, -0.2) is 0 Å². The molecule has 1 heterocycles. The molecule has 3 rings (SSSR count). The van der Waals surface area contributed by atoms with Gasteiger partial charge in [0.15, 0.2) is 0 Å². The highest BCUT2D eigenvalue weighted by Gasteiger charge is 2.24. The highest BCUT2D eigenvalue weighted by Crippen LogP contribution is 2.29. The average molecular weight is 237 g/mol. The molecule has 0 spiro atoms. The summed E-state index contributed by atoms with van der Waals surface area (Å²) in [5, 5.41) is 4.04. The first kappa shape index (κ1) is 10.7. The maximum absolute atomic E-state index is 11.8. The zero-order valence-corrected chi connectivity index (χ0v) is 9.86. The normalized spacial score (nSPS) is 14.3. The number of hydrogen-bond donors (Lipinski definition) is 1. The summed E-state index contributed by atoms with van der Waals surface area (Å²) >= 11 is 0. The highest BCUT2D eigenvalue weighted by atomic mass is 16.2. The summed E-state index contributed by atoms with van der Waals surface area (Å²) in [5.41, 5.74) is 2.14. The van der Waals surface area contributed by atoms with Crippen molar-refractivity contribution in [2.75, 3.05) is 0 Å². The number of carbonyl (C=O) groups excluding carboxylic acids is 2. The van der Waals surface area contributed by atoms with Gasteiger partial charge in [0.25, 0.3) is 11.8 Å². The van der Waals surface area contributed by atoms with Crippen molar-refractivity contribution in [3.63, 3.8) is 0 Å². The minimum atomic E-state index is -0.323. The number of benzene rings is 2. The van der Waals surface area contributed by atoms with Crippen molar-refractivity contribution in [2.45, 2.75) is 6.92 Å². The van der Waals surface area contributed by atoms with Gasteiger partial charge in [-0.3, -0.25) is 14.9 Å². The van der Waals surface area contributed by atoms with Crippen molar-refractivity contribution in [2.24, 2.45) is 0 Å². The van der Waals surface area contributed by atoms with Gasteiger partial charge in [-0.2, -0.15) is 0 Å². The fourth-order valence-electron chi connectivity index (χ4n) is 2.37. The first-order valence-corrected chi connectivity index (χ1v) is 5.76. The number of carbonyl (C=O) groups is 2. The maximum atomic E-state index is 11.8. The van der Waals surface area contributed by atoms with E-state index in [1.54, 1.807) is 12.1 Å². The van der Waals surface area contributed by atoms with Crippen LogP contribution in [0.15, 0.2) is 36.4 Å². The van der Waals surface area contributed by atoms with Gasteiger partial charge in [0.1, 0.15) is 0 Å². The molecule has 88 valence electrons. The lowest BCUT2D eigenvalue weighted by Crippen LogP contribution is -2.34. The van der Waals surface area contributed by atoms with Crippen LogP contribution in [0.3, 0.4) is 0 Å². The van der Waals surface area contributed by atoms with Crippen LogP contribution in [0.1, 0.15) is 33.2 Å². The molecular weight excluding hydrogens is 226 g/mol. The summed E-state index contributed by atoms with van der Waals surface area (Å²) in [6, 6.07) is 9.18. The van der Waals surface area contributed by atoms with E-state index < -0.39 is 0 Å². The first-order valence-electron chi connectivity index (χ1n) is 5.76. The van der Waals surface area contributed by atoms with Crippen LogP contribution in [0.2, 0.25) is 0 Å². The quantitative estimate of drug-likeness (QED) is 0.775. The summed E-state index contributed by atoms with van der Waals surface area (Å²) in [6.07, 6.45) is 3.91. The monoisotopic (exact) mass is 237 g/mol. The molecule has 0 aromatic heterocycles. The summed E-state index contributed by atoms with van der Waals surface area (Å²) in [6.45, 7) is 1.94. The molecule has 3 heteroatoms. The van der Waals surface area contributed by atoms with Crippen molar-refractivity contribution in [3.8, 4) is 0 Å². The lowest BCUT2D eigenvalue weighted by molar-refractivity contribution is 0.0845. The van der Waals surface area contributed by atoms with Crippen LogP contribution in [-0.2, 0) is 0 Å². The summed E-state index contributed by atoms with van der Waals surface area (Å²) < 4.78 is 0. The van der Waals surface area contributed by atoms with Crippen molar-refractivity contribution in [3.05, 3.63) is 53.1 Å². The second-order valence-corrected chi connectivity index (χ2v) is 4.21. The molecule has 0 atom stereocenters. The topological polar surface area (TPSA) is 46.2 Å². The minimum Gasteiger partial charge on any atom is -0.288 e. The molecule has 0 fully saturated rings. The van der Waals surface area contributed by atoms with Crippen molar-refractivity contribution < 1.29 is 9.59 Å². The van der Waals surface area contributed by atoms with E-state index in [2.05, 4.69) is 5.32 Å². The summed E-state index contributed by atoms with van der Waals surface area (Å²) in [5.74, 6) is -0.647. The molecule has 3 nitrogen and oxygen atoms in total. The van der Waals surface area contributed by atoms with Gasteiger partial charge in [0.05, 0.1) is 0 Å². The van der Waals surface area contributed by atoms with E-state index in [-0.39, 0.29) is 11.8 Å². The van der Waals surface area contributed by atoms with Crippen LogP contribution >= 0.6 is 0 Å². The van der Waals surface area contributed by atoms with Crippen LogP contribution in [0.4, 0.5) is 0 Å². The van der Waals surface area contributed by atoms with Crippen LogP contribution in [-0.4, -0.2) is 11.8 Å². The molecule has 0 saturated carbocycles. The van der Waals surface area contributed by atoms with Gasteiger partial charge in [0.2, 0.25) is 0 Å². The zero-order valence-electron chi connectivity index (χ0n) is 9.86. The van der Waals surface area contributed by atoms with Crippen LogP contribution in [0, 0.1) is 0 Å². The van der Waals surface area contributed by atoms with E-state index in [4.69, 9.17) is 0 Å². The molecule has 2 aromatic carbocycles. The van der Waals surface area contributed by atoms with Gasteiger partial charge in [-0.05, 0) is 30.0 Å². The van der Waals surface area contributed by atoms with E-state index in [0.717, 1.165) is 16.3 Å². The van der Waals surface area contributed by atoms with Crippen molar-refractivity contribution >= 4 is 28.7 Å². The number of imide groups is 1. The fourth-order valence-corrected chi connectivity index (χ4v) is 2.37. The molecule has 0 aliphatic carbocycles. The van der Waals surface area contributed by atoms with Crippen molar-refractivity contribution in [1.29, 1.82) is 0 Å². The molecule has 18 heavy (non-hydrogen) atoms. The number of amides is 2. The van der Waals surface area contributed by atoms with Gasteiger partial charge < -0.3 is 0 Å². The fraction of sp³-hybridized carbons (Fsp3) is 0.0667. The average Bonchev–Trinajstić information content (AvgIpc) is 2.37. The Hall–Kier alpha value is -2.42. The van der Waals surface area contributed by atoms with Crippen LogP contribution in [0.25, 0.3) is 16.8 Å². The van der Waals surface area contributed by atoms with Gasteiger partial charge in [0, 0.05) is 16.5 Å². The SMILES string of the molecule is C/C=C/c1ccc2c3c(cccc13)C(=O)NC2=O. The van der Waals surface area contributed by atoms with Crippen LogP contribution < -0.4 is 5.32 Å². The molecule has 0 radical (unpaired) electrons. The summed E-state index contributed by atoms with van der Waals surface area (Å²) in [4.78, 5) is 23.6. The maximum Gasteiger partial charge on any atom is 0.258 e. The third-order valence-electron chi connectivity index (χ3n) is 3.14. The zero-order chi connectivity index (χ0) is 12.7. The molecule has 1 aliphatic rings. The molecule has 0 unspecified atom stereocenters. The van der Waals surface area contributed by atoms with Gasteiger partial charge in [-0.1, -0.05) is 30.4 Å². The second kappa shape index (κ2) is 3.81. The Bertz CT molecular complexity index is 694. The Kier molecular flexibility index (Phi) is 2.27. The Morgan fingerprint density at radius 2 is 1.72 bits per heavy atom. The number of nitrogens with one attached hydrogen (secondary N) is 1. The lowest BCUT2D eigenvalue weighted by atomic mass is 9.92. The number of rotatable bonds is 1. The van der Waals surface area contributed by atoms with E-state index in [1.807, 2.05) is 37.3 Å². The third kappa shape index (κ3) is 1.37. The molecule has 1 N–H and O–H groups in total. The molecule has 2 amide bonds. The third-order valence-corrected chi connectivity index (χ3v) is 3.14. The number of hydrogen-bond acceptors (Lipinski definition) is 2. The Morgan fingerprint density at radius 1 is 1.00 bits per heavy atom. The van der Waals surface area contributed by atoms with Gasteiger partial charge in [-0.15, -0.1) is 0 Å².